The molecule has 2 rings (SSSR count). The van der Waals surface area contributed by atoms with E-state index < -0.39 is 0 Å². The quantitative estimate of drug-likeness (QED) is 0.846. The topological polar surface area (TPSA) is 43.8 Å². The second kappa shape index (κ2) is 4.63. The van der Waals surface area contributed by atoms with Crippen LogP contribution in [0.3, 0.4) is 0 Å². The summed E-state index contributed by atoms with van der Waals surface area (Å²) in [4.78, 5) is 0.199. The Kier molecular flexibility index (Phi) is 3.19. The highest BCUT2D eigenvalue weighted by atomic mass is 32.1. The summed E-state index contributed by atoms with van der Waals surface area (Å²) in [6, 6.07) is 4.76. The molecule has 0 spiro atoms. The summed E-state index contributed by atoms with van der Waals surface area (Å²) >= 11 is 4.79. The molecule has 0 fully saturated rings. The third-order valence-corrected chi connectivity index (χ3v) is 2.67. The van der Waals surface area contributed by atoms with Crippen molar-refractivity contribution in [2.24, 2.45) is 5.73 Å². The number of aromatic nitrogens is 2. The fraction of sp³-hybridized carbons (Fsp3) is 0.167. The number of hydrogen-bond acceptors (Lipinski definition) is 2. The molecule has 1 aromatic carbocycles. The molecule has 5 heteroatoms. The van der Waals surface area contributed by atoms with Crippen molar-refractivity contribution in [2.75, 3.05) is 0 Å². The fourth-order valence-electron chi connectivity index (χ4n) is 1.56. The summed E-state index contributed by atoms with van der Waals surface area (Å²) < 4.78 is 15.4. The van der Waals surface area contributed by atoms with Crippen LogP contribution in [0.1, 0.15) is 16.7 Å². The van der Waals surface area contributed by atoms with Gasteiger partial charge in [0, 0.05) is 17.3 Å². The van der Waals surface area contributed by atoms with Gasteiger partial charge in [-0.25, -0.2) is 4.39 Å². The van der Waals surface area contributed by atoms with Crippen LogP contribution < -0.4 is 5.73 Å². The van der Waals surface area contributed by atoms with Crippen LogP contribution in [0, 0.1) is 12.7 Å². The van der Waals surface area contributed by atoms with E-state index in [9.17, 15) is 4.39 Å². The highest BCUT2D eigenvalue weighted by molar-refractivity contribution is 7.80. The predicted molar refractivity (Wildman–Crippen MR) is 68.4 cm³/mol. The molecule has 0 aliphatic carbocycles. The maximum Gasteiger partial charge on any atom is 0.128 e. The zero-order chi connectivity index (χ0) is 12.4. The van der Waals surface area contributed by atoms with Crippen LogP contribution >= 0.6 is 12.2 Å². The van der Waals surface area contributed by atoms with Crippen LogP contribution in [-0.4, -0.2) is 14.8 Å². The third kappa shape index (κ3) is 2.68. The van der Waals surface area contributed by atoms with Crippen molar-refractivity contribution in [2.45, 2.75) is 13.5 Å². The zero-order valence-electron chi connectivity index (χ0n) is 9.35. The smallest absolute Gasteiger partial charge is 0.128 e. The highest BCUT2D eigenvalue weighted by Gasteiger charge is 2.06. The minimum absolute atomic E-state index is 0.199. The zero-order valence-corrected chi connectivity index (χ0v) is 10.2. The van der Waals surface area contributed by atoms with E-state index in [0.717, 1.165) is 5.56 Å². The summed E-state index contributed by atoms with van der Waals surface area (Å²) in [5, 5.41) is 4.11. The van der Waals surface area contributed by atoms with E-state index in [-0.39, 0.29) is 10.8 Å². The largest absolute Gasteiger partial charge is 0.389 e. The Labute approximate surface area is 104 Å². The van der Waals surface area contributed by atoms with Crippen molar-refractivity contribution in [3.8, 4) is 0 Å². The van der Waals surface area contributed by atoms with Crippen molar-refractivity contribution in [1.82, 2.24) is 9.78 Å². The third-order valence-electron chi connectivity index (χ3n) is 2.43. The molecule has 2 N–H and O–H groups in total. The molecule has 0 bridgehead atoms. The lowest BCUT2D eigenvalue weighted by Gasteiger charge is -2.05. The number of benzene rings is 1. The molecule has 0 saturated carbocycles. The minimum atomic E-state index is -0.316. The SMILES string of the molecule is Cc1cnn(Cc2ccc(C(N)=S)cc2F)c1. The Morgan fingerprint density at radius 2 is 2.29 bits per heavy atom. The van der Waals surface area contributed by atoms with Gasteiger partial charge in [0.1, 0.15) is 10.8 Å². The van der Waals surface area contributed by atoms with Gasteiger partial charge < -0.3 is 5.73 Å². The molecule has 1 heterocycles. The molecule has 2 aromatic rings. The number of thiocarbonyl (C=S) groups is 1. The molecular weight excluding hydrogens is 237 g/mol. The molecule has 0 radical (unpaired) electrons. The predicted octanol–water partition coefficient (Wildman–Crippen LogP) is 2.01. The normalized spacial score (nSPS) is 10.5. The Balaban J connectivity index is 2.25. The van der Waals surface area contributed by atoms with Crippen molar-refractivity contribution in [3.63, 3.8) is 0 Å². The summed E-state index contributed by atoms with van der Waals surface area (Å²) in [5.41, 5.74) is 7.59. The Bertz CT molecular complexity index is 563. The van der Waals surface area contributed by atoms with Gasteiger partial charge in [-0.2, -0.15) is 5.10 Å². The molecule has 0 aliphatic rings. The van der Waals surface area contributed by atoms with Crippen molar-refractivity contribution >= 4 is 17.2 Å². The second-order valence-electron chi connectivity index (χ2n) is 3.89. The van der Waals surface area contributed by atoms with Crippen LogP contribution in [0.15, 0.2) is 30.6 Å². The Morgan fingerprint density at radius 3 is 2.82 bits per heavy atom. The van der Waals surface area contributed by atoms with E-state index in [1.54, 1.807) is 23.0 Å². The van der Waals surface area contributed by atoms with Gasteiger partial charge in [-0.1, -0.05) is 24.4 Å². The van der Waals surface area contributed by atoms with Gasteiger partial charge in [-0.15, -0.1) is 0 Å². The van der Waals surface area contributed by atoms with E-state index in [1.165, 1.54) is 6.07 Å². The monoisotopic (exact) mass is 249 g/mol. The van der Waals surface area contributed by atoms with Crippen LogP contribution in [-0.2, 0) is 6.54 Å². The van der Waals surface area contributed by atoms with Crippen LogP contribution in [0.4, 0.5) is 4.39 Å². The summed E-state index contributed by atoms with van der Waals surface area (Å²) in [7, 11) is 0. The van der Waals surface area contributed by atoms with Gasteiger partial charge in [0.05, 0.1) is 12.7 Å². The maximum atomic E-state index is 13.7. The molecule has 0 saturated heterocycles. The first kappa shape index (κ1) is 11.7. The van der Waals surface area contributed by atoms with E-state index in [4.69, 9.17) is 18.0 Å². The van der Waals surface area contributed by atoms with Gasteiger partial charge in [0.2, 0.25) is 0 Å². The number of nitrogens with zero attached hydrogens (tertiary/aromatic N) is 2. The Morgan fingerprint density at radius 1 is 1.53 bits per heavy atom. The van der Waals surface area contributed by atoms with E-state index in [1.807, 2.05) is 13.1 Å². The van der Waals surface area contributed by atoms with E-state index in [2.05, 4.69) is 5.10 Å². The lowest BCUT2D eigenvalue weighted by atomic mass is 10.1. The van der Waals surface area contributed by atoms with Gasteiger partial charge >= 0.3 is 0 Å². The standard InChI is InChI=1S/C12H12FN3S/c1-8-5-15-16(6-8)7-10-3-2-9(12(14)17)4-11(10)13/h2-6H,7H2,1H3,(H2,14,17). The van der Waals surface area contributed by atoms with E-state index in [0.29, 0.717) is 17.7 Å². The van der Waals surface area contributed by atoms with Gasteiger partial charge in [-0.3, -0.25) is 4.68 Å². The first-order chi connectivity index (χ1) is 8.06. The number of aryl methyl sites for hydroxylation is 1. The first-order valence-electron chi connectivity index (χ1n) is 5.13. The first-order valence-corrected chi connectivity index (χ1v) is 5.54. The second-order valence-corrected chi connectivity index (χ2v) is 4.33. The number of hydrogen-bond donors (Lipinski definition) is 1. The van der Waals surface area contributed by atoms with Crippen molar-refractivity contribution < 1.29 is 4.39 Å². The minimum Gasteiger partial charge on any atom is -0.389 e. The molecule has 0 amide bonds. The Hall–Kier alpha value is -1.75. The van der Waals surface area contributed by atoms with Crippen molar-refractivity contribution in [3.05, 3.63) is 53.1 Å². The lowest BCUT2D eigenvalue weighted by Crippen LogP contribution is -2.10. The molecule has 88 valence electrons. The molecule has 3 nitrogen and oxygen atoms in total. The molecule has 0 aliphatic heterocycles. The lowest BCUT2D eigenvalue weighted by molar-refractivity contribution is 0.585. The van der Waals surface area contributed by atoms with Crippen molar-refractivity contribution in [1.29, 1.82) is 0 Å². The van der Waals surface area contributed by atoms with Gasteiger partial charge in [0.25, 0.3) is 0 Å². The number of nitrogens with two attached hydrogens (primary N) is 1. The van der Waals surface area contributed by atoms with Crippen LogP contribution in [0.5, 0.6) is 0 Å². The van der Waals surface area contributed by atoms with Gasteiger partial charge in [-0.05, 0) is 18.6 Å². The summed E-state index contributed by atoms with van der Waals surface area (Å²) in [5.74, 6) is -0.316. The summed E-state index contributed by atoms with van der Waals surface area (Å²) in [6.45, 7) is 2.34. The average Bonchev–Trinajstić information content (AvgIpc) is 2.67. The average molecular weight is 249 g/mol. The molecule has 0 unspecified atom stereocenters. The van der Waals surface area contributed by atoms with Crippen LogP contribution in [0.25, 0.3) is 0 Å². The molecule has 0 atom stereocenters. The number of rotatable bonds is 3. The summed E-state index contributed by atoms with van der Waals surface area (Å²) in [6.07, 6.45) is 3.60. The molecular formula is C12H12FN3S. The maximum absolute atomic E-state index is 13.7. The van der Waals surface area contributed by atoms with E-state index >= 15 is 0 Å². The highest BCUT2D eigenvalue weighted by Crippen LogP contribution is 2.12. The fourth-order valence-corrected chi connectivity index (χ4v) is 1.68. The molecule has 1 aromatic heterocycles. The molecule has 17 heavy (non-hydrogen) atoms. The van der Waals surface area contributed by atoms with Gasteiger partial charge in [0.15, 0.2) is 0 Å². The number of halogens is 1. The van der Waals surface area contributed by atoms with Crippen LogP contribution in [0.2, 0.25) is 0 Å².